The first-order valence-corrected chi connectivity index (χ1v) is 47.1. The van der Waals surface area contributed by atoms with Crippen LogP contribution in [0.3, 0.4) is 0 Å². The molecule has 0 fully saturated rings. The van der Waals surface area contributed by atoms with Crippen LogP contribution in [0.1, 0.15) is 458 Å². The lowest BCUT2D eigenvalue weighted by molar-refractivity contribution is -0.161. The number of carbonyl (C=O) groups is 4. The van der Waals surface area contributed by atoms with Crippen molar-refractivity contribution in [1.82, 2.24) is 0 Å². The van der Waals surface area contributed by atoms with Gasteiger partial charge >= 0.3 is 39.5 Å². The molecule has 0 radical (unpaired) electrons. The van der Waals surface area contributed by atoms with Gasteiger partial charge in [0.2, 0.25) is 0 Å². The topological polar surface area (TPSA) is 237 Å². The van der Waals surface area contributed by atoms with Crippen LogP contribution in [0.25, 0.3) is 0 Å². The molecule has 0 bridgehead atoms. The Balaban J connectivity index is 5.15. The predicted octanol–water partition coefficient (Wildman–Crippen LogP) is 26.0. The maximum Gasteiger partial charge on any atom is 0.472 e. The van der Waals surface area contributed by atoms with E-state index >= 15 is 0 Å². The van der Waals surface area contributed by atoms with E-state index < -0.39 is 97.5 Å². The van der Waals surface area contributed by atoms with Crippen LogP contribution >= 0.6 is 15.6 Å². The molecule has 17 nitrogen and oxygen atoms in total. The molecule has 0 rings (SSSR count). The highest BCUT2D eigenvalue weighted by Gasteiger charge is 2.30. The highest BCUT2D eigenvalue weighted by Crippen LogP contribution is 2.45. The molecule has 0 aliphatic heterocycles. The molecular weight excluding hydrogens is 1350 g/mol. The molecule has 0 saturated carbocycles. The Kier molecular flexibility index (Phi) is 76.3. The number of esters is 4. The molecule has 618 valence electrons. The summed E-state index contributed by atoms with van der Waals surface area (Å²) < 4.78 is 68.7. The standard InChI is InChI=1S/C85H166O17P2/c1-6-9-12-15-18-20-22-24-26-28-30-32-33-35-37-39-41-46-50-55-60-65-70-85(90)102-81(75-96-83(88)69-64-59-54-49-45-40-38-36-34-31-29-27-25-23-21-19-16-13-10-7-2)77-100-104(93,94)98-73-79(86)72-97-103(91,92)99-76-80(74-95-82(87)68-63-58-52-17-14-11-8-3)101-84(89)71-66-61-56-51-47-43-42-44-48-53-57-62-67-78(4)5/h78-81,86H,6-77H2,1-5H3,(H,91,92)(H,93,94)/t79-,80+,81+/m0/s1. The van der Waals surface area contributed by atoms with E-state index in [4.69, 9.17) is 37.0 Å². The minimum atomic E-state index is -4.96. The maximum atomic E-state index is 13.1. The number of hydrogen-bond acceptors (Lipinski definition) is 15. The van der Waals surface area contributed by atoms with Gasteiger partial charge in [-0.05, 0) is 31.6 Å². The van der Waals surface area contributed by atoms with Crippen molar-refractivity contribution in [2.45, 2.75) is 477 Å². The van der Waals surface area contributed by atoms with E-state index in [0.29, 0.717) is 25.7 Å². The van der Waals surface area contributed by atoms with Crippen molar-refractivity contribution in [2.24, 2.45) is 5.92 Å². The monoisotopic (exact) mass is 1520 g/mol. The number of hydrogen-bond donors (Lipinski definition) is 3. The van der Waals surface area contributed by atoms with Crippen LogP contribution < -0.4 is 0 Å². The molecule has 0 aliphatic carbocycles. The van der Waals surface area contributed by atoms with Gasteiger partial charge in [-0.1, -0.05) is 407 Å². The zero-order valence-electron chi connectivity index (χ0n) is 68.2. The molecule has 5 atom stereocenters. The van der Waals surface area contributed by atoms with E-state index in [1.165, 1.54) is 270 Å². The third kappa shape index (κ3) is 78.2. The Bertz CT molecular complexity index is 1980. The average molecular weight is 1520 g/mol. The Morgan fingerprint density at radius 2 is 0.442 bits per heavy atom. The van der Waals surface area contributed by atoms with Gasteiger partial charge in [-0.15, -0.1) is 0 Å². The summed E-state index contributed by atoms with van der Waals surface area (Å²) in [6, 6.07) is 0. The average Bonchev–Trinajstić information content (AvgIpc) is 0.909. The minimum Gasteiger partial charge on any atom is -0.462 e. The first-order valence-electron chi connectivity index (χ1n) is 44.1. The number of unbranched alkanes of at least 4 members (excludes halogenated alkanes) is 57. The summed E-state index contributed by atoms with van der Waals surface area (Å²) in [4.78, 5) is 73.0. The number of phosphoric acid groups is 2. The zero-order chi connectivity index (χ0) is 76.2. The Morgan fingerprint density at radius 1 is 0.260 bits per heavy atom. The van der Waals surface area contributed by atoms with Gasteiger partial charge in [-0.2, -0.15) is 0 Å². The normalized spacial score (nSPS) is 13.8. The van der Waals surface area contributed by atoms with Crippen LogP contribution in [-0.2, 0) is 65.4 Å². The fourth-order valence-corrected chi connectivity index (χ4v) is 14.9. The maximum absolute atomic E-state index is 13.1. The second kappa shape index (κ2) is 77.8. The molecular formula is C85H166O17P2. The van der Waals surface area contributed by atoms with Crippen molar-refractivity contribution in [3.05, 3.63) is 0 Å². The van der Waals surface area contributed by atoms with E-state index in [-0.39, 0.29) is 25.7 Å². The predicted molar refractivity (Wildman–Crippen MR) is 428 cm³/mol. The molecule has 0 aromatic heterocycles. The van der Waals surface area contributed by atoms with Crippen LogP contribution in [0.5, 0.6) is 0 Å². The van der Waals surface area contributed by atoms with Gasteiger partial charge in [-0.25, -0.2) is 9.13 Å². The summed E-state index contributed by atoms with van der Waals surface area (Å²) in [5.74, 6) is -1.33. The highest BCUT2D eigenvalue weighted by molar-refractivity contribution is 7.47. The second-order valence-electron chi connectivity index (χ2n) is 31.1. The van der Waals surface area contributed by atoms with Crippen molar-refractivity contribution < 1.29 is 80.2 Å². The summed E-state index contributed by atoms with van der Waals surface area (Å²) in [5, 5.41) is 10.6. The molecule has 19 heteroatoms. The van der Waals surface area contributed by atoms with Crippen molar-refractivity contribution in [1.29, 1.82) is 0 Å². The van der Waals surface area contributed by atoms with E-state index in [2.05, 4.69) is 34.6 Å². The zero-order valence-corrected chi connectivity index (χ0v) is 70.0. The fourth-order valence-electron chi connectivity index (χ4n) is 13.3. The number of aliphatic hydroxyl groups is 1. The van der Waals surface area contributed by atoms with Gasteiger partial charge in [-0.3, -0.25) is 37.3 Å². The van der Waals surface area contributed by atoms with E-state index in [0.717, 1.165) is 109 Å². The molecule has 0 aromatic carbocycles. The van der Waals surface area contributed by atoms with Crippen LogP contribution in [0.4, 0.5) is 0 Å². The molecule has 0 saturated heterocycles. The van der Waals surface area contributed by atoms with Gasteiger partial charge in [0.15, 0.2) is 12.2 Å². The first-order chi connectivity index (χ1) is 50.5. The number of rotatable bonds is 85. The smallest absolute Gasteiger partial charge is 0.462 e. The molecule has 104 heavy (non-hydrogen) atoms. The van der Waals surface area contributed by atoms with Gasteiger partial charge in [0.05, 0.1) is 26.4 Å². The Labute approximate surface area is 638 Å². The summed E-state index contributed by atoms with van der Waals surface area (Å²) in [7, 11) is -9.92. The van der Waals surface area contributed by atoms with Crippen LogP contribution in [0, 0.1) is 5.92 Å². The van der Waals surface area contributed by atoms with Crippen molar-refractivity contribution in [3.63, 3.8) is 0 Å². The molecule has 0 spiro atoms. The Hall–Kier alpha value is -1.94. The highest BCUT2D eigenvalue weighted by atomic mass is 31.2. The van der Waals surface area contributed by atoms with E-state index in [1.54, 1.807) is 0 Å². The quantitative estimate of drug-likeness (QED) is 0.0222. The number of ether oxygens (including phenoxy) is 4. The van der Waals surface area contributed by atoms with Crippen molar-refractivity contribution in [3.8, 4) is 0 Å². The minimum absolute atomic E-state index is 0.107. The number of carbonyl (C=O) groups excluding carboxylic acids is 4. The molecule has 2 unspecified atom stereocenters. The lowest BCUT2D eigenvalue weighted by Crippen LogP contribution is -2.30. The molecule has 0 aromatic rings. The summed E-state index contributed by atoms with van der Waals surface area (Å²) in [6.07, 6.45) is 71.2. The third-order valence-electron chi connectivity index (χ3n) is 20.0. The summed E-state index contributed by atoms with van der Waals surface area (Å²) in [5.41, 5.74) is 0. The fraction of sp³-hybridized carbons (Fsp3) is 0.953. The lowest BCUT2D eigenvalue weighted by Gasteiger charge is -2.21. The summed E-state index contributed by atoms with van der Waals surface area (Å²) >= 11 is 0. The number of aliphatic hydroxyl groups excluding tert-OH is 1. The second-order valence-corrected chi connectivity index (χ2v) is 34.0. The third-order valence-corrected chi connectivity index (χ3v) is 21.9. The van der Waals surface area contributed by atoms with Crippen LogP contribution in [-0.4, -0.2) is 96.7 Å². The van der Waals surface area contributed by atoms with Gasteiger partial charge < -0.3 is 33.8 Å². The van der Waals surface area contributed by atoms with Gasteiger partial charge in [0, 0.05) is 25.7 Å². The van der Waals surface area contributed by atoms with Crippen LogP contribution in [0.15, 0.2) is 0 Å². The Morgan fingerprint density at radius 3 is 0.654 bits per heavy atom. The van der Waals surface area contributed by atoms with Crippen molar-refractivity contribution >= 4 is 39.5 Å². The van der Waals surface area contributed by atoms with E-state index in [1.807, 2.05) is 0 Å². The molecule has 3 N–H and O–H groups in total. The molecule has 0 amide bonds. The first kappa shape index (κ1) is 102. The van der Waals surface area contributed by atoms with Crippen molar-refractivity contribution in [2.75, 3.05) is 39.6 Å². The molecule has 0 heterocycles. The van der Waals surface area contributed by atoms with E-state index in [9.17, 15) is 43.2 Å². The van der Waals surface area contributed by atoms with Crippen LogP contribution in [0.2, 0.25) is 0 Å². The van der Waals surface area contributed by atoms with Gasteiger partial charge in [0.1, 0.15) is 19.3 Å². The van der Waals surface area contributed by atoms with Gasteiger partial charge in [0.25, 0.3) is 0 Å². The summed E-state index contributed by atoms with van der Waals surface area (Å²) in [6.45, 7) is 7.31. The number of phosphoric ester groups is 2. The SMILES string of the molecule is CCCCCCCCCCCCCCCCCCCCCCCCC(=O)O[C@H](COC(=O)CCCCCCCCCCCCCCCCCCCCCC)COP(=O)(O)OC[C@@H](O)COP(=O)(O)OC[C@@H](COC(=O)CCCCCCCCC)OC(=O)CCCCCCCCCCCCCCC(C)C. The largest absolute Gasteiger partial charge is 0.472 e. The lowest BCUT2D eigenvalue weighted by atomic mass is 10.0. The molecule has 0 aliphatic rings.